The minimum atomic E-state index is -0.949. The van der Waals surface area contributed by atoms with Gasteiger partial charge < -0.3 is 5.11 Å². The van der Waals surface area contributed by atoms with Crippen LogP contribution >= 0.6 is 0 Å². The van der Waals surface area contributed by atoms with Crippen molar-refractivity contribution in [3.05, 3.63) is 59.7 Å². The van der Waals surface area contributed by atoms with Crippen LogP contribution in [0.5, 0.6) is 0 Å². The van der Waals surface area contributed by atoms with Crippen molar-refractivity contribution in [3.8, 4) is 11.1 Å². The van der Waals surface area contributed by atoms with Crippen LogP contribution in [0.1, 0.15) is 28.8 Å². The minimum absolute atomic E-state index is 0.0409. The fourth-order valence-corrected chi connectivity index (χ4v) is 1.96. The molecule has 0 amide bonds. The third-order valence-corrected chi connectivity index (χ3v) is 3.16. The van der Waals surface area contributed by atoms with E-state index in [4.69, 9.17) is 5.11 Å². The average molecular weight is 268 g/mol. The Hall–Kier alpha value is -2.42. The van der Waals surface area contributed by atoms with Crippen LogP contribution in [0.15, 0.2) is 48.5 Å². The third kappa shape index (κ3) is 3.54. The molecule has 0 radical (unpaired) electrons. The van der Waals surface area contributed by atoms with Gasteiger partial charge in [0.1, 0.15) is 0 Å². The number of carboxylic acid groups (broad SMARTS) is 1. The molecule has 0 fully saturated rings. The molecule has 0 saturated heterocycles. The van der Waals surface area contributed by atoms with E-state index in [2.05, 4.69) is 0 Å². The van der Waals surface area contributed by atoms with Gasteiger partial charge in [-0.3, -0.25) is 9.59 Å². The molecule has 0 saturated carbocycles. The van der Waals surface area contributed by atoms with E-state index in [9.17, 15) is 9.59 Å². The molecular weight excluding hydrogens is 252 g/mol. The summed E-state index contributed by atoms with van der Waals surface area (Å²) in [6, 6.07) is 15.4. The van der Waals surface area contributed by atoms with E-state index in [1.807, 2.05) is 43.3 Å². The second-order valence-electron chi connectivity index (χ2n) is 4.76. The minimum Gasteiger partial charge on any atom is -0.481 e. The van der Waals surface area contributed by atoms with Gasteiger partial charge in [-0.05, 0) is 18.1 Å². The zero-order valence-electron chi connectivity index (χ0n) is 11.3. The van der Waals surface area contributed by atoms with Gasteiger partial charge in [-0.15, -0.1) is 0 Å². The van der Waals surface area contributed by atoms with Crippen LogP contribution in [-0.2, 0) is 4.79 Å². The molecule has 0 heterocycles. The second kappa shape index (κ2) is 6.15. The van der Waals surface area contributed by atoms with Crippen LogP contribution in [0.4, 0.5) is 0 Å². The molecule has 2 aromatic rings. The zero-order chi connectivity index (χ0) is 14.5. The van der Waals surface area contributed by atoms with E-state index in [-0.39, 0.29) is 18.6 Å². The first-order valence-electron chi connectivity index (χ1n) is 6.48. The summed E-state index contributed by atoms with van der Waals surface area (Å²) < 4.78 is 0. The van der Waals surface area contributed by atoms with E-state index >= 15 is 0 Å². The molecule has 3 nitrogen and oxygen atoms in total. The number of hydrogen-bond donors (Lipinski definition) is 1. The third-order valence-electron chi connectivity index (χ3n) is 3.16. The molecule has 0 aliphatic carbocycles. The molecule has 0 bridgehead atoms. The summed E-state index contributed by atoms with van der Waals surface area (Å²) in [6.07, 6.45) is -0.0856. The fraction of sp³-hybridized carbons (Fsp3) is 0.176. The number of aliphatic carboxylic acids is 1. The molecule has 3 heteroatoms. The van der Waals surface area contributed by atoms with Gasteiger partial charge in [-0.2, -0.15) is 0 Å². The average Bonchev–Trinajstić information content (AvgIpc) is 2.46. The summed E-state index contributed by atoms with van der Waals surface area (Å²) in [4.78, 5) is 22.2. The van der Waals surface area contributed by atoms with E-state index in [1.165, 1.54) is 5.56 Å². The van der Waals surface area contributed by atoms with Crippen LogP contribution < -0.4 is 0 Å². The predicted octanol–water partition coefficient (Wildman–Crippen LogP) is 3.71. The maximum absolute atomic E-state index is 11.8. The quantitative estimate of drug-likeness (QED) is 0.841. The van der Waals surface area contributed by atoms with Gasteiger partial charge in [-0.1, -0.05) is 54.1 Å². The van der Waals surface area contributed by atoms with Crippen molar-refractivity contribution in [1.29, 1.82) is 0 Å². The van der Waals surface area contributed by atoms with Crippen molar-refractivity contribution >= 4 is 11.8 Å². The highest BCUT2D eigenvalue weighted by molar-refractivity contribution is 5.97. The van der Waals surface area contributed by atoms with Gasteiger partial charge in [0.2, 0.25) is 0 Å². The molecule has 0 aliphatic heterocycles. The first-order chi connectivity index (χ1) is 9.56. The molecule has 102 valence electrons. The number of benzene rings is 2. The van der Waals surface area contributed by atoms with Gasteiger partial charge >= 0.3 is 5.97 Å². The molecule has 0 atom stereocenters. The summed E-state index contributed by atoms with van der Waals surface area (Å²) >= 11 is 0. The Morgan fingerprint density at radius 1 is 0.850 bits per heavy atom. The standard InChI is InChI=1S/C17H16O3/c1-12-2-4-13(5-3-12)14-6-8-15(9-7-14)16(18)10-11-17(19)20/h2-9H,10-11H2,1H3,(H,19,20). The highest BCUT2D eigenvalue weighted by Gasteiger charge is 2.08. The van der Waals surface area contributed by atoms with Crippen LogP contribution in [0.25, 0.3) is 11.1 Å². The second-order valence-corrected chi connectivity index (χ2v) is 4.76. The fourth-order valence-electron chi connectivity index (χ4n) is 1.96. The van der Waals surface area contributed by atoms with Crippen LogP contribution in [0.3, 0.4) is 0 Å². The Labute approximate surface area is 117 Å². The Bertz CT molecular complexity index is 610. The zero-order valence-corrected chi connectivity index (χ0v) is 11.3. The predicted molar refractivity (Wildman–Crippen MR) is 77.8 cm³/mol. The number of rotatable bonds is 5. The number of ketones is 1. The van der Waals surface area contributed by atoms with Crippen molar-refractivity contribution in [2.45, 2.75) is 19.8 Å². The van der Waals surface area contributed by atoms with E-state index in [0.717, 1.165) is 11.1 Å². The highest BCUT2D eigenvalue weighted by atomic mass is 16.4. The first-order valence-corrected chi connectivity index (χ1v) is 6.48. The van der Waals surface area contributed by atoms with Crippen molar-refractivity contribution in [2.75, 3.05) is 0 Å². The Morgan fingerprint density at radius 3 is 1.85 bits per heavy atom. The molecule has 0 unspecified atom stereocenters. The van der Waals surface area contributed by atoms with Crippen LogP contribution in [0, 0.1) is 6.92 Å². The van der Waals surface area contributed by atoms with Crippen molar-refractivity contribution in [1.82, 2.24) is 0 Å². The van der Waals surface area contributed by atoms with Gasteiger partial charge in [0.15, 0.2) is 5.78 Å². The highest BCUT2D eigenvalue weighted by Crippen LogP contribution is 2.20. The van der Waals surface area contributed by atoms with E-state index < -0.39 is 5.97 Å². The number of carbonyl (C=O) groups excluding carboxylic acids is 1. The monoisotopic (exact) mass is 268 g/mol. The number of carboxylic acids is 1. The molecular formula is C17H16O3. The van der Waals surface area contributed by atoms with E-state index in [1.54, 1.807) is 12.1 Å². The largest absolute Gasteiger partial charge is 0.481 e. The molecule has 20 heavy (non-hydrogen) atoms. The van der Waals surface area contributed by atoms with Gasteiger partial charge in [-0.25, -0.2) is 0 Å². The summed E-state index contributed by atoms with van der Waals surface area (Å²) in [5.74, 6) is -1.09. The summed E-state index contributed by atoms with van der Waals surface area (Å²) in [6.45, 7) is 2.04. The molecule has 0 spiro atoms. The van der Waals surface area contributed by atoms with Crippen LogP contribution in [0.2, 0.25) is 0 Å². The first kappa shape index (κ1) is 14.0. The normalized spacial score (nSPS) is 10.2. The van der Waals surface area contributed by atoms with Crippen molar-refractivity contribution in [3.63, 3.8) is 0 Å². The van der Waals surface area contributed by atoms with Crippen molar-refractivity contribution in [2.24, 2.45) is 0 Å². The topological polar surface area (TPSA) is 54.4 Å². The van der Waals surface area contributed by atoms with Gasteiger partial charge in [0, 0.05) is 12.0 Å². The van der Waals surface area contributed by atoms with Gasteiger partial charge in [0.05, 0.1) is 6.42 Å². The lowest BCUT2D eigenvalue weighted by atomic mass is 10.0. The summed E-state index contributed by atoms with van der Waals surface area (Å²) in [7, 11) is 0. The summed E-state index contributed by atoms with van der Waals surface area (Å²) in [5, 5.41) is 8.57. The van der Waals surface area contributed by atoms with Gasteiger partial charge in [0.25, 0.3) is 0 Å². The van der Waals surface area contributed by atoms with E-state index in [0.29, 0.717) is 5.56 Å². The number of carbonyl (C=O) groups is 2. The molecule has 0 aliphatic rings. The van der Waals surface area contributed by atoms with Crippen LogP contribution in [-0.4, -0.2) is 16.9 Å². The van der Waals surface area contributed by atoms with Crippen molar-refractivity contribution < 1.29 is 14.7 Å². The molecule has 2 aromatic carbocycles. The number of aryl methyl sites for hydroxylation is 1. The Morgan fingerprint density at radius 2 is 1.35 bits per heavy atom. The molecule has 0 aromatic heterocycles. The number of hydrogen-bond acceptors (Lipinski definition) is 2. The lowest BCUT2D eigenvalue weighted by Crippen LogP contribution is -2.03. The maximum atomic E-state index is 11.8. The smallest absolute Gasteiger partial charge is 0.303 e. The summed E-state index contributed by atoms with van der Waals surface area (Å²) in [5.41, 5.74) is 3.90. The SMILES string of the molecule is Cc1ccc(-c2ccc(C(=O)CCC(=O)O)cc2)cc1. The Kier molecular flexibility index (Phi) is 4.31. The maximum Gasteiger partial charge on any atom is 0.303 e. The molecule has 1 N–H and O–H groups in total. The number of Topliss-reactive ketones (excluding diaryl/α,β-unsaturated/α-hetero) is 1. The lowest BCUT2D eigenvalue weighted by molar-refractivity contribution is -0.136. The lowest BCUT2D eigenvalue weighted by Gasteiger charge is -2.04. The Balaban J connectivity index is 2.11. The molecule has 2 rings (SSSR count).